The third-order valence-electron chi connectivity index (χ3n) is 6.78. The molecule has 1 aromatic heterocycles. The van der Waals surface area contributed by atoms with Crippen LogP contribution >= 0.6 is 0 Å². The second-order valence-electron chi connectivity index (χ2n) is 9.24. The topological polar surface area (TPSA) is 90.5 Å². The monoisotopic (exact) mass is 476 g/mol. The van der Waals surface area contributed by atoms with Crippen LogP contribution in [0, 0.1) is 13.8 Å². The van der Waals surface area contributed by atoms with Crippen LogP contribution in [-0.4, -0.2) is 52.5 Å². The average molecular weight is 477 g/mol. The highest BCUT2D eigenvalue weighted by atomic mass is 16.5. The van der Waals surface area contributed by atoms with Crippen LogP contribution in [0.2, 0.25) is 0 Å². The highest BCUT2D eigenvalue weighted by Gasteiger charge is 2.18. The first-order valence-corrected chi connectivity index (χ1v) is 12.5. The van der Waals surface area contributed by atoms with E-state index < -0.39 is 5.97 Å². The normalized spacial score (nSPS) is 14.6. The second kappa shape index (κ2) is 11.1. The lowest BCUT2D eigenvalue weighted by Crippen LogP contribution is -2.26. The molecule has 1 saturated heterocycles. The lowest BCUT2D eigenvalue weighted by atomic mass is 9.94. The number of nitrogens with zero attached hydrogens (tertiary/aromatic N) is 2. The number of carboxylic acid groups (broad SMARTS) is 1. The van der Waals surface area contributed by atoms with Gasteiger partial charge in [0.05, 0.1) is 23.6 Å². The fourth-order valence-electron chi connectivity index (χ4n) is 4.93. The number of hydrogen-bond acceptors (Lipinski definition) is 5. The van der Waals surface area contributed by atoms with Crippen LogP contribution in [0.3, 0.4) is 0 Å². The van der Waals surface area contributed by atoms with E-state index in [9.17, 15) is 9.90 Å². The first-order valence-electron chi connectivity index (χ1n) is 12.5. The number of anilines is 2. The molecule has 35 heavy (non-hydrogen) atoms. The molecular formula is C28H36N4O3. The van der Waals surface area contributed by atoms with E-state index in [2.05, 4.69) is 46.4 Å². The summed E-state index contributed by atoms with van der Waals surface area (Å²) in [7, 11) is 0. The third kappa shape index (κ3) is 5.57. The summed E-state index contributed by atoms with van der Waals surface area (Å²) in [5.74, 6) is -0.925. The number of aromatic amines is 1. The number of benzene rings is 2. The van der Waals surface area contributed by atoms with Gasteiger partial charge in [0.1, 0.15) is 0 Å². The number of rotatable bonds is 8. The number of nitrogens with one attached hydrogen (secondary N) is 2. The summed E-state index contributed by atoms with van der Waals surface area (Å²) < 4.78 is 5.55. The van der Waals surface area contributed by atoms with Gasteiger partial charge in [-0.3, -0.25) is 10.00 Å². The van der Waals surface area contributed by atoms with Gasteiger partial charge >= 0.3 is 5.97 Å². The molecule has 1 aliphatic rings. The number of aromatic carboxylic acids is 1. The van der Waals surface area contributed by atoms with Crippen molar-refractivity contribution in [2.24, 2.45) is 0 Å². The van der Waals surface area contributed by atoms with Gasteiger partial charge in [0.2, 0.25) is 0 Å². The average Bonchev–Trinajstić information content (AvgIpc) is 3.02. The fourth-order valence-corrected chi connectivity index (χ4v) is 4.93. The maximum atomic E-state index is 12.2. The molecule has 0 radical (unpaired) electrons. The number of aryl methyl sites for hydroxylation is 4. The van der Waals surface area contributed by atoms with Crippen molar-refractivity contribution in [2.75, 3.05) is 31.6 Å². The Morgan fingerprint density at radius 2 is 1.86 bits per heavy atom. The van der Waals surface area contributed by atoms with E-state index in [-0.39, 0.29) is 0 Å². The van der Waals surface area contributed by atoms with E-state index in [1.54, 1.807) is 6.07 Å². The summed E-state index contributed by atoms with van der Waals surface area (Å²) in [6, 6.07) is 10.1. The van der Waals surface area contributed by atoms with Gasteiger partial charge in [-0.05, 0) is 79.6 Å². The minimum Gasteiger partial charge on any atom is -0.478 e. The summed E-state index contributed by atoms with van der Waals surface area (Å²) in [6.07, 6.45) is 2.66. The molecule has 0 unspecified atom stereocenters. The molecule has 3 N–H and O–H groups in total. The smallest absolute Gasteiger partial charge is 0.337 e. The minimum absolute atomic E-state index is 0.295. The second-order valence-corrected chi connectivity index (χ2v) is 9.24. The van der Waals surface area contributed by atoms with Crippen LogP contribution < -0.4 is 5.32 Å². The van der Waals surface area contributed by atoms with Crippen molar-refractivity contribution < 1.29 is 14.6 Å². The zero-order valence-electron chi connectivity index (χ0n) is 21.2. The Hall–Kier alpha value is -3.16. The summed E-state index contributed by atoms with van der Waals surface area (Å²) in [5.41, 5.74) is 9.53. The molecule has 2 aromatic carbocycles. The Bertz CT molecular complexity index is 1150. The summed E-state index contributed by atoms with van der Waals surface area (Å²) >= 11 is 0. The van der Waals surface area contributed by atoms with Crippen molar-refractivity contribution in [2.45, 2.75) is 53.5 Å². The lowest BCUT2D eigenvalue weighted by molar-refractivity contribution is 0.0697. The molecule has 0 saturated carbocycles. The zero-order chi connectivity index (χ0) is 24.9. The summed E-state index contributed by atoms with van der Waals surface area (Å²) in [5, 5.41) is 21.0. The molecule has 7 nitrogen and oxygen atoms in total. The minimum atomic E-state index is -0.925. The molecule has 1 fully saturated rings. The molecule has 0 spiro atoms. The van der Waals surface area contributed by atoms with E-state index in [0.717, 1.165) is 97.0 Å². The van der Waals surface area contributed by atoms with Crippen LogP contribution in [-0.2, 0) is 24.1 Å². The van der Waals surface area contributed by atoms with E-state index >= 15 is 0 Å². The molecule has 0 atom stereocenters. The number of H-pyrrole nitrogens is 1. The van der Waals surface area contributed by atoms with Crippen molar-refractivity contribution >= 4 is 17.3 Å². The van der Waals surface area contributed by atoms with Gasteiger partial charge in [-0.1, -0.05) is 19.9 Å². The number of carboxylic acids is 1. The first kappa shape index (κ1) is 24.9. The fraction of sp³-hybridized carbons (Fsp3) is 0.429. The Balaban J connectivity index is 1.67. The van der Waals surface area contributed by atoms with E-state index in [1.165, 1.54) is 0 Å². The molecular weight excluding hydrogens is 440 g/mol. The van der Waals surface area contributed by atoms with Crippen molar-refractivity contribution in [3.63, 3.8) is 0 Å². The van der Waals surface area contributed by atoms with Gasteiger partial charge < -0.3 is 15.2 Å². The van der Waals surface area contributed by atoms with Gasteiger partial charge in [0.25, 0.3) is 0 Å². The van der Waals surface area contributed by atoms with Crippen molar-refractivity contribution in [3.05, 3.63) is 64.0 Å². The Morgan fingerprint density at radius 1 is 1.11 bits per heavy atom. The number of aromatic nitrogens is 2. The maximum absolute atomic E-state index is 12.2. The summed E-state index contributed by atoms with van der Waals surface area (Å²) in [6.45, 7) is 12.4. The molecule has 0 bridgehead atoms. The van der Waals surface area contributed by atoms with Crippen LogP contribution in [0.1, 0.15) is 58.7 Å². The van der Waals surface area contributed by atoms with E-state index in [0.29, 0.717) is 11.3 Å². The number of carbonyl (C=O) groups is 1. The Kier molecular flexibility index (Phi) is 7.88. The van der Waals surface area contributed by atoms with E-state index in [1.807, 2.05) is 26.0 Å². The van der Waals surface area contributed by atoms with Gasteiger partial charge in [0.15, 0.2) is 0 Å². The molecule has 7 heteroatoms. The van der Waals surface area contributed by atoms with Gasteiger partial charge in [0, 0.05) is 43.2 Å². The largest absolute Gasteiger partial charge is 0.478 e. The highest BCUT2D eigenvalue weighted by molar-refractivity contribution is 5.96. The van der Waals surface area contributed by atoms with Crippen molar-refractivity contribution in [3.8, 4) is 11.1 Å². The third-order valence-corrected chi connectivity index (χ3v) is 6.78. The van der Waals surface area contributed by atoms with E-state index in [4.69, 9.17) is 4.74 Å². The first-order chi connectivity index (χ1) is 16.9. The number of hydrogen-bond donors (Lipinski definition) is 3. The quantitative estimate of drug-likeness (QED) is 0.399. The molecule has 186 valence electrons. The molecule has 4 rings (SSSR count). The predicted molar refractivity (Wildman–Crippen MR) is 140 cm³/mol. The van der Waals surface area contributed by atoms with Crippen LogP contribution in [0.15, 0.2) is 30.3 Å². The summed E-state index contributed by atoms with van der Waals surface area (Å²) in [4.78, 5) is 14.5. The van der Waals surface area contributed by atoms with Gasteiger partial charge in [-0.15, -0.1) is 0 Å². The molecule has 1 aliphatic heterocycles. The van der Waals surface area contributed by atoms with Gasteiger partial charge in [-0.2, -0.15) is 5.10 Å². The van der Waals surface area contributed by atoms with Crippen molar-refractivity contribution in [1.29, 1.82) is 0 Å². The number of ether oxygens (including phenoxy) is 1. The Morgan fingerprint density at radius 3 is 2.49 bits per heavy atom. The molecule has 3 aromatic rings. The molecule has 2 heterocycles. The van der Waals surface area contributed by atoms with Crippen LogP contribution in [0.4, 0.5) is 11.4 Å². The van der Waals surface area contributed by atoms with Crippen LogP contribution in [0.5, 0.6) is 0 Å². The SMILES string of the molecule is CCc1cc(-c2c(C)n[nH]c2C)cc(CC)c1Nc1ccc(CN2CCCOCC2)cc1C(=O)O. The molecule has 0 amide bonds. The predicted octanol–water partition coefficient (Wildman–Crippen LogP) is 5.48. The maximum Gasteiger partial charge on any atom is 0.337 e. The van der Waals surface area contributed by atoms with Gasteiger partial charge in [-0.25, -0.2) is 4.79 Å². The zero-order valence-corrected chi connectivity index (χ0v) is 21.2. The Labute approximate surface area is 207 Å². The van der Waals surface area contributed by atoms with Crippen LogP contribution in [0.25, 0.3) is 11.1 Å². The van der Waals surface area contributed by atoms with Crippen molar-refractivity contribution in [1.82, 2.24) is 15.1 Å². The standard InChI is InChI=1S/C28H36N4O3/c1-5-21-15-23(26-18(3)30-31-19(26)4)16-22(6-2)27(21)29-25-9-8-20(14-24(25)28(33)34)17-32-10-7-12-35-13-11-32/h8-9,14-16,29H,5-7,10-13,17H2,1-4H3,(H,30,31)(H,33,34). The highest BCUT2D eigenvalue weighted by Crippen LogP contribution is 2.35. The molecule has 0 aliphatic carbocycles. The lowest BCUT2D eigenvalue weighted by Gasteiger charge is -2.21.